The Balaban J connectivity index is 1.44. The van der Waals surface area contributed by atoms with E-state index in [2.05, 4.69) is 10.00 Å². The third kappa shape index (κ3) is 5.63. The topological polar surface area (TPSA) is 56.1 Å². The van der Waals surface area contributed by atoms with E-state index in [4.69, 9.17) is 9.84 Å². The second-order valence-corrected chi connectivity index (χ2v) is 10.3. The first-order chi connectivity index (χ1) is 17.6. The first-order valence-corrected chi connectivity index (χ1v) is 13.5. The third-order valence-electron chi connectivity index (χ3n) is 7.74. The van der Waals surface area contributed by atoms with Gasteiger partial charge in [-0.15, -0.1) is 5.10 Å². The molecule has 0 spiro atoms. The van der Waals surface area contributed by atoms with Gasteiger partial charge in [0.25, 0.3) is 0 Å². The van der Waals surface area contributed by atoms with E-state index < -0.39 is 6.09 Å². The number of hydrogen-bond acceptors (Lipinski definition) is 3. The van der Waals surface area contributed by atoms with Crippen molar-refractivity contribution in [3.63, 3.8) is 0 Å². The van der Waals surface area contributed by atoms with Gasteiger partial charge in [-0.25, -0.2) is 9.18 Å². The largest absolute Gasteiger partial charge is 0.414 e. The lowest BCUT2D eigenvalue weighted by molar-refractivity contribution is 0.193. The molecular weight excluding hydrogens is 453 g/mol. The molecule has 2 aliphatic rings. The second-order valence-electron chi connectivity index (χ2n) is 10.3. The lowest BCUT2D eigenvalue weighted by Gasteiger charge is -2.27. The van der Waals surface area contributed by atoms with Crippen LogP contribution in [0.5, 0.6) is 5.88 Å². The van der Waals surface area contributed by atoms with Crippen LogP contribution in [0.15, 0.2) is 54.6 Å². The molecule has 1 heterocycles. The molecule has 2 aromatic carbocycles. The van der Waals surface area contributed by atoms with Gasteiger partial charge in [-0.2, -0.15) is 0 Å². The van der Waals surface area contributed by atoms with Gasteiger partial charge in [0.1, 0.15) is 5.82 Å². The maximum absolute atomic E-state index is 14.0. The minimum absolute atomic E-state index is 0.168. The fourth-order valence-electron chi connectivity index (χ4n) is 5.91. The lowest BCUT2D eigenvalue weighted by atomic mass is 9.90. The van der Waals surface area contributed by atoms with Crippen molar-refractivity contribution in [2.24, 2.45) is 0 Å². The SMILES string of the molecule is C[C@H](NC(=O)Oc1nn(C2CCCCC2)c2c1CCCCC2Cc1cccc(F)c1)c1ccccc1. The highest BCUT2D eigenvalue weighted by Crippen LogP contribution is 2.41. The predicted octanol–water partition coefficient (Wildman–Crippen LogP) is 7.43. The molecule has 3 aromatic rings. The number of ether oxygens (including phenoxy) is 1. The van der Waals surface area contributed by atoms with Gasteiger partial charge in [-0.05, 0) is 68.7 Å². The van der Waals surface area contributed by atoms with Gasteiger partial charge in [-0.3, -0.25) is 4.68 Å². The van der Waals surface area contributed by atoms with Gasteiger partial charge >= 0.3 is 6.09 Å². The van der Waals surface area contributed by atoms with Crippen LogP contribution in [0.2, 0.25) is 0 Å². The molecule has 190 valence electrons. The van der Waals surface area contributed by atoms with Crippen LogP contribution in [-0.2, 0) is 12.8 Å². The molecule has 0 bridgehead atoms. The predicted molar refractivity (Wildman–Crippen MR) is 139 cm³/mol. The molecule has 1 N–H and O–H groups in total. The molecule has 0 saturated heterocycles. The smallest absolute Gasteiger partial charge is 0.389 e. The van der Waals surface area contributed by atoms with Crippen molar-refractivity contribution in [3.8, 4) is 5.88 Å². The van der Waals surface area contributed by atoms with Crippen molar-refractivity contribution in [1.82, 2.24) is 15.1 Å². The number of benzene rings is 2. The van der Waals surface area contributed by atoms with Crippen LogP contribution in [0.4, 0.5) is 9.18 Å². The molecule has 36 heavy (non-hydrogen) atoms. The summed E-state index contributed by atoms with van der Waals surface area (Å²) in [4.78, 5) is 12.9. The van der Waals surface area contributed by atoms with Crippen molar-refractivity contribution >= 4 is 6.09 Å². The molecule has 0 radical (unpaired) electrons. The normalized spacial score (nSPS) is 19.2. The third-order valence-corrected chi connectivity index (χ3v) is 7.74. The highest BCUT2D eigenvalue weighted by Gasteiger charge is 2.32. The maximum atomic E-state index is 14.0. The standard InChI is InChI=1S/C30H36FN3O2/c1-21(23-12-4-2-5-13-23)32-30(35)36-29-27-18-9-8-14-24(19-22-11-10-15-25(31)20-22)28(27)34(33-29)26-16-6-3-7-17-26/h2,4-5,10-13,15,20-21,24,26H,3,6-9,14,16-19H2,1H3,(H,32,35)/t21-,24?/m0/s1. The van der Waals surface area contributed by atoms with Crippen LogP contribution in [0.25, 0.3) is 0 Å². The van der Waals surface area contributed by atoms with Crippen molar-refractivity contribution < 1.29 is 13.9 Å². The Kier molecular flexibility index (Phi) is 7.69. The summed E-state index contributed by atoms with van der Waals surface area (Å²) in [5, 5.41) is 7.91. The van der Waals surface area contributed by atoms with E-state index in [0.717, 1.165) is 61.6 Å². The van der Waals surface area contributed by atoms with E-state index in [0.29, 0.717) is 11.9 Å². The average Bonchev–Trinajstić information content (AvgIpc) is 3.11. The number of halogens is 1. The first kappa shape index (κ1) is 24.5. The molecule has 1 aromatic heterocycles. The first-order valence-electron chi connectivity index (χ1n) is 13.5. The Morgan fingerprint density at radius 1 is 1.06 bits per heavy atom. The van der Waals surface area contributed by atoms with E-state index in [1.165, 1.54) is 31.0 Å². The van der Waals surface area contributed by atoms with Gasteiger partial charge in [0.2, 0.25) is 5.88 Å². The summed E-state index contributed by atoms with van der Waals surface area (Å²) in [6.45, 7) is 1.95. The van der Waals surface area contributed by atoms with Crippen molar-refractivity contribution in [2.75, 3.05) is 0 Å². The molecule has 0 aliphatic heterocycles. The summed E-state index contributed by atoms with van der Waals surface area (Å²) in [6.07, 6.45) is 10.1. The zero-order chi connectivity index (χ0) is 24.9. The second kappa shape index (κ2) is 11.3. The van der Waals surface area contributed by atoms with E-state index >= 15 is 0 Å². The van der Waals surface area contributed by atoms with Gasteiger partial charge in [0.15, 0.2) is 0 Å². The number of fused-ring (bicyclic) bond motifs is 1. The Morgan fingerprint density at radius 2 is 1.83 bits per heavy atom. The van der Waals surface area contributed by atoms with Crippen molar-refractivity contribution in [1.29, 1.82) is 0 Å². The molecule has 1 amide bonds. The van der Waals surface area contributed by atoms with Crippen LogP contribution in [0, 0.1) is 5.82 Å². The number of amides is 1. The molecule has 2 aliphatic carbocycles. The summed E-state index contributed by atoms with van der Waals surface area (Å²) in [5.74, 6) is 0.470. The highest BCUT2D eigenvalue weighted by molar-refractivity contribution is 5.71. The summed E-state index contributed by atoms with van der Waals surface area (Å²) >= 11 is 0. The fraction of sp³-hybridized carbons (Fsp3) is 0.467. The maximum Gasteiger partial charge on any atom is 0.414 e. The molecule has 1 fully saturated rings. The fourth-order valence-corrected chi connectivity index (χ4v) is 5.91. The Hall–Kier alpha value is -3.15. The van der Waals surface area contributed by atoms with Crippen LogP contribution in [-0.4, -0.2) is 15.9 Å². The van der Waals surface area contributed by atoms with Crippen LogP contribution in [0.1, 0.15) is 98.7 Å². The molecular formula is C30H36FN3O2. The van der Waals surface area contributed by atoms with Crippen molar-refractivity contribution in [2.45, 2.75) is 89.1 Å². The summed E-state index contributed by atoms with van der Waals surface area (Å²) in [5.41, 5.74) is 4.28. The van der Waals surface area contributed by atoms with E-state index in [1.54, 1.807) is 12.1 Å². The Bertz CT molecular complexity index is 1170. The molecule has 1 unspecified atom stereocenters. The number of hydrogen-bond donors (Lipinski definition) is 1. The van der Waals surface area contributed by atoms with Gasteiger partial charge in [-0.1, -0.05) is 68.1 Å². The van der Waals surface area contributed by atoms with Gasteiger partial charge < -0.3 is 10.1 Å². The number of rotatable bonds is 6. The number of nitrogens with zero attached hydrogens (tertiary/aromatic N) is 2. The minimum atomic E-state index is -0.478. The average molecular weight is 490 g/mol. The molecule has 2 atom stereocenters. The van der Waals surface area contributed by atoms with E-state index in [9.17, 15) is 9.18 Å². The zero-order valence-corrected chi connectivity index (χ0v) is 21.1. The summed E-state index contributed by atoms with van der Waals surface area (Å²) in [7, 11) is 0. The number of aromatic nitrogens is 2. The minimum Gasteiger partial charge on any atom is -0.389 e. The highest BCUT2D eigenvalue weighted by atomic mass is 19.1. The number of carbonyl (C=O) groups is 1. The lowest BCUT2D eigenvalue weighted by Crippen LogP contribution is -2.30. The number of carbonyl (C=O) groups excluding carboxylic acids is 1. The van der Waals surface area contributed by atoms with Crippen LogP contribution >= 0.6 is 0 Å². The van der Waals surface area contributed by atoms with Gasteiger partial charge in [0, 0.05) is 17.2 Å². The molecule has 6 heteroatoms. The zero-order valence-electron chi connectivity index (χ0n) is 21.1. The van der Waals surface area contributed by atoms with E-state index in [-0.39, 0.29) is 17.8 Å². The molecule has 5 nitrogen and oxygen atoms in total. The van der Waals surface area contributed by atoms with Crippen molar-refractivity contribution in [3.05, 3.63) is 82.8 Å². The number of nitrogens with one attached hydrogen (secondary N) is 1. The van der Waals surface area contributed by atoms with Crippen LogP contribution in [0.3, 0.4) is 0 Å². The van der Waals surface area contributed by atoms with Crippen LogP contribution < -0.4 is 10.1 Å². The molecule has 5 rings (SSSR count). The quantitative estimate of drug-likeness (QED) is 0.366. The van der Waals surface area contributed by atoms with Gasteiger partial charge in [0.05, 0.1) is 12.1 Å². The van der Waals surface area contributed by atoms with E-state index in [1.807, 2.05) is 43.3 Å². The monoisotopic (exact) mass is 489 g/mol. The molecule has 1 saturated carbocycles. The Morgan fingerprint density at radius 3 is 2.61 bits per heavy atom. The summed E-state index contributed by atoms with van der Waals surface area (Å²) < 4.78 is 22.1. The summed E-state index contributed by atoms with van der Waals surface area (Å²) in [6, 6.07) is 16.9. The Labute approximate surface area is 213 Å².